The molecule has 0 spiro atoms. The summed E-state index contributed by atoms with van der Waals surface area (Å²) in [5.41, 5.74) is 9.35. The smallest absolute Gasteiger partial charge is 0.320 e. The van der Waals surface area contributed by atoms with E-state index in [9.17, 15) is 9.00 Å². The highest BCUT2D eigenvalue weighted by Crippen LogP contribution is 2.30. The lowest BCUT2D eigenvalue weighted by molar-refractivity contribution is 0.253. The van der Waals surface area contributed by atoms with Crippen LogP contribution in [0.1, 0.15) is 37.4 Å². The minimum atomic E-state index is -1.02. The first-order valence-corrected chi connectivity index (χ1v) is 10.3. The molecule has 0 saturated heterocycles. The number of fused-ring (bicyclic) bond motifs is 1. The predicted octanol–water partition coefficient (Wildman–Crippen LogP) is 2.65. The molecule has 0 radical (unpaired) electrons. The molecule has 1 aliphatic rings. The first-order chi connectivity index (χ1) is 12.9. The first kappa shape index (κ1) is 19.4. The van der Waals surface area contributed by atoms with E-state index in [2.05, 4.69) is 22.1 Å². The van der Waals surface area contributed by atoms with Crippen LogP contribution in [0.3, 0.4) is 0 Å². The summed E-state index contributed by atoms with van der Waals surface area (Å²) >= 11 is 0. The summed E-state index contributed by atoms with van der Waals surface area (Å²) in [4.78, 5) is 22.0. The molecule has 0 bridgehead atoms. The van der Waals surface area contributed by atoms with Crippen molar-refractivity contribution in [2.24, 2.45) is 5.73 Å². The van der Waals surface area contributed by atoms with Gasteiger partial charge in [-0.15, -0.1) is 0 Å². The number of hydrogen-bond acceptors (Lipinski definition) is 4. The van der Waals surface area contributed by atoms with E-state index in [0.29, 0.717) is 18.1 Å². The van der Waals surface area contributed by atoms with Crippen LogP contribution in [0, 0.1) is 0 Å². The molecule has 2 aromatic heterocycles. The van der Waals surface area contributed by atoms with Crippen LogP contribution in [0.4, 0.5) is 10.6 Å². The van der Waals surface area contributed by atoms with Gasteiger partial charge >= 0.3 is 6.03 Å². The number of aryl methyl sites for hydroxylation is 1. The van der Waals surface area contributed by atoms with Gasteiger partial charge in [0.1, 0.15) is 5.82 Å². The van der Waals surface area contributed by atoms with Gasteiger partial charge in [-0.3, -0.25) is 9.88 Å². The maximum absolute atomic E-state index is 12.1. The Morgan fingerprint density at radius 2 is 2.07 bits per heavy atom. The monoisotopic (exact) mass is 387 g/mol. The molecule has 7 nitrogen and oxygen atoms in total. The summed E-state index contributed by atoms with van der Waals surface area (Å²) in [7, 11) is 0.837. The van der Waals surface area contributed by atoms with Crippen molar-refractivity contribution in [3.8, 4) is 11.1 Å². The minimum absolute atomic E-state index is 0.0193. The highest BCUT2D eigenvalue weighted by Gasteiger charge is 2.23. The van der Waals surface area contributed by atoms with E-state index in [0.717, 1.165) is 35.1 Å². The third kappa shape index (κ3) is 4.01. The Labute approximate surface area is 162 Å². The van der Waals surface area contributed by atoms with Gasteiger partial charge in [0, 0.05) is 55.1 Å². The predicted molar refractivity (Wildman–Crippen MR) is 108 cm³/mol. The molecule has 3 heterocycles. The number of carbonyl (C=O) groups is 1. The van der Waals surface area contributed by atoms with Crippen LogP contribution >= 0.6 is 0 Å². The number of aromatic nitrogens is 2. The van der Waals surface area contributed by atoms with Crippen molar-refractivity contribution in [3.63, 3.8) is 0 Å². The van der Waals surface area contributed by atoms with Crippen LogP contribution < -0.4 is 10.6 Å². The van der Waals surface area contributed by atoms with Gasteiger partial charge in [-0.25, -0.2) is 18.3 Å². The maximum Gasteiger partial charge on any atom is 0.320 e. The Kier molecular flexibility index (Phi) is 5.86. The Bertz CT molecular complexity index is 873. The summed E-state index contributed by atoms with van der Waals surface area (Å²) in [6.45, 7) is 4.52. The van der Waals surface area contributed by atoms with Crippen LogP contribution in [-0.2, 0) is 17.4 Å². The van der Waals surface area contributed by atoms with E-state index in [1.54, 1.807) is 18.6 Å². The maximum atomic E-state index is 12.1. The van der Waals surface area contributed by atoms with E-state index in [-0.39, 0.29) is 6.04 Å². The van der Waals surface area contributed by atoms with Gasteiger partial charge in [0.05, 0.1) is 11.0 Å². The molecular formula is C19H25N5O2S. The lowest BCUT2D eigenvalue weighted by atomic mass is 10.00. The van der Waals surface area contributed by atoms with Gasteiger partial charge in [-0.2, -0.15) is 0 Å². The van der Waals surface area contributed by atoms with E-state index >= 15 is 0 Å². The lowest BCUT2D eigenvalue weighted by Gasteiger charge is -2.27. The summed E-state index contributed by atoms with van der Waals surface area (Å²) in [6, 6.07) is 3.62. The van der Waals surface area contributed by atoms with E-state index in [1.807, 2.05) is 25.2 Å². The van der Waals surface area contributed by atoms with Crippen molar-refractivity contribution in [2.75, 3.05) is 24.2 Å². The number of carbonyl (C=O) groups excluding carboxylic acids is 1. The number of anilines is 1. The third-order valence-electron chi connectivity index (χ3n) is 4.98. The molecule has 2 aromatic rings. The molecule has 2 atom stereocenters. The van der Waals surface area contributed by atoms with Gasteiger partial charge < -0.3 is 5.73 Å². The number of urea groups is 1. The number of primary amides is 1. The zero-order valence-corrected chi connectivity index (χ0v) is 16.7. The number of hydrogen-bond donors (Lipinski definition) is 1. The average Bonchev–Trinajstić information content (AvgIpc) is 2.71. The standard InChI is InChI=1S/C19H25N5O2S/c1-4-27(26)23(3)13(2)15-9-16(11-21-10-15)17-8-14-6-5-7-24(19(20)25)18(14)22-12-17/h8-13H,4-7H2,1-3H3,(H2,20,25)/t13-,27?/m0/s1. The third-order valence-corrected chi connectivity index (χ3v) is 6.43. The molecule has 27 heavy (non-hydrogen) atoms. The zero-order chi connectivity index (χ0) is 19.6. The SMILES string of the molecule is CCS(=O)N(C)[C@@H](C)c1cncc(-c2cnc3c(c2)CCCN3C(N)=O)c1. The lowest BCUT2D eigenvalue weighted by Crippen LogP contribution is -2.40. The number of rotatable bonds is 5. The van der Waals surface area contributed by atoms with Gasteiger partial charge in [0.25, 0.3) is 0 Å². The highest BCUT2D eigenvalue weighted by atomic mass is 32.2. The van der Waals surface area contributed by atoms with Crippen molar-refractivity contribution in [1.29, 1.82) is 0 Å². The Hall–Kier alpha value is -2.32. The fourth-order valence-electron chi connectivity index (χ4n) is 3.27. The second kappa shape index (κ2) is 8.14. The van der Waals surface area contributed by atoms with Crippen LogP contribution in [0.2, 0.25) is 0 Å². The van der Waals surface area contributed by atoms with Gasteiger partial charge in [0.2, 0.25) is 0 Å². The number of nitrogens with two attached hydrogens (primary N) is 1. The van der Waals surface area contributed by atoms with E-state index in [4.69, 9.17) is 5.73 Å². The Morgan fingerprint density at radius 3 is 2.78 bits per heavy atom. The van der Waals surface area contributed by atoms with E-state index < -0.39 is 17.0 Å². The van der Waals surface area contributed by atoms with Crippen molar-refractivity contribution in [3.05, 3.63) is 41.9 Å². The number of pyridine rings is 2. The second-order valence-electron chi connectivity index (χ2n) is 6.64. The normalized spacial score (nSPS) is 16.1. The molecule has 2 N–H and O–H groups in total. The molecule has 0 aromatic carbocycles. The Balaban J connectivity index is 1.92. The molecular weight excluding hydrogens is 362 g/mol. The Morgan fingerprint density at radius 1 is 1.33 bits per heavy atom. The molecule has 3 rings (SSSR count). The number of nitrogens with zero attached hydrogens (tertiary/aromatic N) is 4. The minimum Gasteiger partial charge on any atom is -0.351 e. The van der Waals surface area contributed by atoms with Crippen molar-refractivity contribution < 1.29 is 9.00 Å². The van der Waals surface area contributed by atoms with Gasteiger partial charge in [-0.1, -0.05) is 6.92 Å². The molecule has 0 aliphatic carbocycles. The molecule has 8 heteroatoms. The van der Waals surface area contributed by atoms with Gasteiger partial charge in [-0.05, 0) is 43.0 Å². The van der Waals surface area contributed by atoms with Crippen molar-refractivity contribution in [1.82, 2.24) is 14.3 Å². The van der Waals surface area contributed by atoms with Crippen LogP contribution in [0.15, 0.2) is 30.7 Å². The second-order valence-corrected chi connectivity index (χ2v) is 8.44. The van der Waals surface area contributed by atoms with Crippen LogP contribution in [0.5, 0.6) is 0 Å². The first-order valence-electron chi connectivity index (χ1n) is 9.05. The van der Waals surface area contributed by atoms with Crippen LogP contribution in [0.25, 0.3) is 11.1 Å². The summed E-state index contributed by atoms with van der Waals surface area (Å²) in [6.07, 6.45) is 7.08. The topological polar surface area (TPSA) is 92.4 Å². The summed E-state index contributed by atoms with van der Waals surface area (Å²) in [5.74, 6) is 1.23. The average molecular weight is 388 g/mol. The molecule has 2 amide bonds. The largest absolute Gasteiger partial charge is 0.351 e. The van der Waals surface area contributed by atoms with E-state index in [1.165, 1.54) is 4.90 Å². The summed E-state index contributed by atoms with van der Waals surface area (Å²) < 4.78 is 13.9. The van der Waals surface area contributed by atoms with Crippen molar-refractivity contribution >= 4 is 22.8 Å². The quantitative estimate of drug-likeness (QED) is 0.854. The highest BCUT2D eigenvalue weighted by molar-refractivity contribution is 7.82. The number of amides is 2. The molecule has 1 unspecified atom stereocenters. The summed E-state index contributed by atoms with van der Waals surface area (Å²) in [5, 5.41) is 0. The molecule has 144 valence electrons. The molecule has 1 aliphatic heterocycles. The zero-order valence-electron chi connectivity index (χ0n) is 15.9. The van der Waals surface area contributed by atoms with Gasteiger partial charge in [0.15, 0.2) is 0 Å². The fraction of sp³-hybridized carbons (Fsp3) is 0.421. The van der Waals surface area contributed by atoms with Crippen molar-refractivity contribution in [2.45, 2.75) is 32.7 Å². The molecule has 0 saturated carbocycles. The van der Waals surface area contributed by atoms with Crippen LogP contribution in [-0.4, -0.2) is 43.9 Å². The molecule has 0 fully saturated rings. The fourth-order valence-corrected chi connectivity index (χ4v) is 4.15.